The molecular weight excluding hydrogens is 242 g/mol. The van der Waals surface area contributed by atoms with Crippen LogP contribution in [0.2, 0.25) is 0 Å². The van der Waals surface area contributed by atoms with E-state index < -0.39 is 0 Å². The molecular formula is C14H15N3O2. The van der Waals surface area contributed by atoms with Crippen LogP contribution in [0, 0.1) is 6.92 Å². The highest BCUT2D eigenvalue weighted by Gasteiger charge is 2.15. The van der Waals surface area contributed by atoms with Gasteiger partial charge in [0.1, 0.15) is 11.6 Å². The summed E-state index contributed by atoms with van der Waals surface area (Å²) in [6, 6.07) is 7.36. The highest BCUT2D eigenvalue weighted by Crippen LogP contribution is 2.26. The molecule has 0 spiro atoms. The van der Waals surface area contributed by atoms with Crippen LogP contribution in [0.3, 0.4) is 0 Å². The van der Waals surface area contributed by atoms with Gasteiger partial charge in [0.2, 0.25) is 0 Å². The first kappa shape index (κ1) is 11.8. The Hall–Kier alpha value is -2.30. The number of amides is 1. The molecule has 1 aliphatic rings. The molecule has 0 aliphatic carbocycles. The number of rotatable bonds is 2. The first-order valence-corrected chi connectivity index (χ1v) is 6.21. The molecule has 0 bridgehead atoms. The zero-order chi connectivity index (χ0) is 13.4. The molecule has 3 rings (SSSR count). The number of nitrogens with one attached hydrogen (secondary N) is 1. The Morgan fingerprint density at radius 1 is 1.42 bits per heavy atom. The van der Waals surface area contributed by atoms with E-state index in [1.165, 1.54) is 0 Å². The fraction of sp³-hybridized carbons (Fsp3) is 0.286. The van der Waals surface area contributed by atoms with Gasteiger partial charge in [-0.05, 0) is 30.7 Å². The number of carbonyl (C=O) groups excluding carboxylic acids is 1. The van der Waals surface area contributed by atoms with Crippen LogP contribution in [0.5, 0.6) is 5.75 Å². The highest BCUT2D eigenvalue weighted by atomic mass is 16.5. The fourth-order valence-corrected chi connectivity index (χ4v) is 2.24. The minimum absolute atomic E-state index is 0.127. The van der Waals surface area contributed by atoms with E-state index in [0.29, 0.717) is 18.0 Å². The Labute approximate surface area is 111 Å². The van der Waals surface area contributed by atoms with Crippen LogP contribution in [-0.4, -0.2) is 22.3 Å². The lowest BCUT2D eigenvalue weighted by atomic mass is 10.1. The van der Waals surface area contributed by atoms with Gasteiger partial charge in [-0.1, -0.05) is 0 Å². The van der Waals surface area contributed by atoms with Gasteiger partial charge in [0, 0.05) is 25.1 Å². The summed E-state index contributed by atoms with van der Waals surface area (Å²) in [5.41, 5.74) is 2.61. The van der Waals surface area contributed by atoms with E-state index in [0.717, 1.165) is 23.4 Å². The summed E-state index contributed by atoms with van der Waals surface area (Å²) in [5, 5.41) is 7.06. The maximum atomic E-state index is 12.2. The van der Waals surface area contributed by atoms with E-state index in [1.807, 2.05) is 25.1 Å². The van der Waals surface area contributed by atoms with Crippen LogP contribution in [0.25, 0.3) is 0 Å². The van der Waals surface area contributed by atoms with E-state index in [-0.39, 0.29) is 5.91 Å². The average Bonchev–Trinajstić information content (AvgIpc) is 2.95. The maximum absolute atomic E-state index is 12.2. The summed E-state index contributed by atoms with van der Waals surface area (Å²) >= 11 is 0. The van der Waals surface area contributed by atoms with Gasteiger partial charge in [0.25, 0.3) is 5.91 Å². The lowest BCUT2D eigenvalue weighted by Crippen LogP contribution is -2.14. The van der Waals surface area contributed by atoms with E-state index >= 15 is 0 Å². The van der Waals surface area contributed by atoms with Crippen molar-refractivity contribution in [3.05, 3.63) is 41.1 Å². The molecule has 1 aliphatic heterocycles. The zero-order valence-corrected chi connectivity index (χ0v) is 10.9. The summed E-state index contributed by atoms with van der Waals surface area (Å²) in [6.07, 6.45) is 0.862. The summed E-state index contributed by atoms with van der Waals surface area (Å²) in [5.74, 6) is 1.45. The molecule has 2 aromatic rings. The predicted molar refractivity (Wildman–Crippen MR) is 71.5 cm³/mol. The normalized spacial score (nSPS) is 12.9. The van der Waals surface area contributed by atoms with Crippen LogP contribution in [-0.2, 0) is 13.5 Å². The molecule has 1 N–H and O–H groups in total. The van der Waals surface area contributed by atoms with Crippen LogP contribution >= 0.6 is 0 Å². The Morgan fingerprint density at radius 2 is 2.26 bits per heavy atom. The molecule has 98 valence electrons. The van der Waals surface area contributed by atoms with Gasteiger partial charge < -0.3 is 10.1 Å². The van der Waals surface area contributed by atoms with Crippen molar-refractivity contribution in [1.29, 1.82) is 0 Å². The van der Waals surface area contributed by atoms with Crippen molar-refractivity contribution in [2.24, 2.45) is 7.05 Å². The van der Waals surface area contributed by atoms with Crippen LogP contribution in [0.1, 0.15) is 21.6 Å². The van der Waals surface area contributed by atoms with Crippen molar-refractivity contribution >= 4 is 11.7 Å². The number of hydrogen-bond acceptors (Lipinski definition) is 3. The number of aryl methyl sites for hydroxylation is 2. The van der Waals surface area contributed by atoms with Crippen molar-refractivity contribution in [1.82, 2.24) is 9.78 Å². The second-order valence-electron chi connectivity index (χ2n) is 4.67. The van der Waals surface area contributed by atoms with E-state index in [1.54, 1.807) is 17.8 Å². The summed E-state index contributed by atoms with van der Waals surface area (Å²) in [4.78, 5) is 12.2. The number of aromatic nitrogens is 2. The van der Waals surface area contributed by atoms with E-state index in [9.17, 15) is 4.79 Å². The van der Waals surface area contributed by atoms with Crippen molar-refractivity contribution in [3.63, 3.8) is 0 Å². The Morgan fingerprint density at radius 3 is 3.00 bits per heavy atom. The third kappa shape index (κ3) is 2.19. The first-order valence-electron chi connectivity index (χ1n) is 6.21. The highest BCUT2D eigenvalue weighted by molar-refractivity contribution is 6.04. The molecule has 0 saturated carbocycles. The van der Waals surface area contributed by atoms with E-state index in [4.69, 9.17) is 4.74 Å². The molecule has 0 radical (unpaired) electrons. The second kappa shape index (κ2) is 4.42. The Bertz CT molecular complexity index is 646. The van der Waals surface area contributed by atoms with Crippen LogP contribution < -0.4 is 10.1 Å². The second-order valence-corrected chi connectivity index (χ2v) is 4.67. The smallest absolute Gasteiger partial charge is 0.256 e. The van der Waals surface area contributed by atoms with Gasteiger partial charge in [-0.3, -0.25) is 9.48 Å². The van der Waals surface area contributed by atoms with Crippen LogP contribution in [0.15, 0.2) is 24.3 Å². The summed E-state index contributed by atoms with van der Waals surface area (Å²) in [6.45, 7) is 2.59. The SMILES string of the molecule is Cc1cc(NC(=O)c2ccc3c(c2)CCO3)n(C)n1. The average molecular weight is 257 g/mol. The topological polar surface area (TPSA) is 56.1 Å². The van der Waals surface area contributed by atoms with Crippen molar-refractivity contribution < 1.29 is 9.53 Å². The van der Waals surface area contributed by atoms with Gasteiger partial charge in [0.05, 0.1) is 12.3 Å². The fourth-order valence-electron chi connectivity index (χ4n) is 2.24. The molecule has 5 heteroatoms. The van der Waals surface area contributed by atoms with Gasteiger partial charge in [-0.15, -0.1) is 0 Å². The number of nitrogens with zero attached hydrogens (tertiary/aromatic N) is 2. The van der Waals surface area contributed by atoms with E-state index in [2.05, 4.69) is 10.4 Å². The minimum Gasteiger partial charge on any atom is -0.493 e. The molecule has 19 heavy (non-hydrogen) atoms. The number of anilines is 1. The third-order valence-electron chi connectivity index (χ3n) is 3.20. The van der Waals surface area contributed by atoms with Crippen molar-refractivity contribution in [3.8, 4) is 5.75 Å². The van der Waals surface area contributed by atoms with Gasteiger partial charge >= 0.3 is 0 Å². The number of fused-ring (bicyclic) bond motifs is 1. The third-order valence-corrected chi connectivity index (χ3v) is 3.20. The predicted octanol–water partition coefficient (Wildman–Crippen LogP) is 1.92. The molecule has 0 fully saturated rings. The molecule has 1 aromatic carbocycles. The summed E-state index contributed by atoms with van der Waals surface area (Å²) in [7, 11) is 1.80. The number of hydrogen-bond donors (Lipinski definition) is 1. The quantitative estimate of drug-likeness (QED) is 0.894. The molecule has 0 saturated heterocycles. The molecule has 1 amide bonds. The van der Waals surface area contributed by atoms with Gasteiger partial charge in [-0.2, -0.15) is 5.10 Å². The van der Waals surface area contributed by atoms with Crippen molar-refractivity contribution in [2.45, 2.75) is 13.3 Å². The Balaban J connectivity index is 1.82. The minimum atomic E-state index is -0.127. The lowest BCUT2D eigenvalue weighted by molar-refractivity contribution is 0.102. The molecule has 0 unspecified atom stereocenters. The molecule has 0 atom stereocenters. The first-order chi connectivity index (χ1) is 9.13. The molecule has 1 aromatic heterocycles. The monoisotopic (exact) mass is 257 g/mol. The standard InChI is InChI=1S/C14H15N3O2/c1-9-7-13(17(2)16-9)15-14(18)11-3-4-12-10(8-11)5-6-19-12/h3-4,7-8H,5-6H2,1-2H3,(H,15,18). The number of benzene rings is 1. The Kier molecular flexibility index (Phi) is 2.74. The molecule has 5 nitrogen and oxygen atoms in total. The zero-order valence-electron chi connectivity index (χ0n) is 10.9. The molecule has 2 heterocycles. The number of carbonyl (C=O) groups is 1. The number of ether oxygens (including phenoxy) is 1. The van der Waals surface area contributed by atoms with Gasteiger partial charge in [0.15, 0.2) is 0 Å². The largest absolute Gasteiger partial charge is 0.493 e. The summed E-state index contributed by atoms with van der Waals surface area (Å²) < 4.78 is 7.08. The van der Waals surface area contributed by atoms with Crippen LogP contribution in [0.4, 0.5) is 5.82 Å². The van der Waals surface area contributed by atoms with Crippen molar-refractivity contribution in [2.75, 3.05) is 11.9 Å². The maximum Gasteiger partial charge on any atom is 0.256 e. The van der Waals surface area contributed by atoms with Gasteiger partial charge in [-0.25, -0.2) is 0 Å². The lowest BCUT2D eigenvalue weighted by Gasteiger charge is -2.06.